The maximum atomic E-state index is 5.15. The monoisotopic (exact) mass is 217 g/mol. The summed E-state index contributed by atoms with van der Waals surface area (Å²) in [7, 11) is 1.70. The van der Waals surface area contributed by atoms with Crippen LogP contribution in [0.15, 0.2) is 36.5 Å². The van der Waals surface area contributed by atoms with Crippen LogP contribution >= 0.6 is 0 Å². The molecule has 0 aliphatic carbocycles. The van der Waals surface area contributed by atoms with Gasteiger partial charge in [-0.3, -0.25) is 5.10 Å². The minimum Gasteiger partial charge on any atom is -0.380 e. The Labute approximate surface area is 94.6 Å². The van der Waals surface area contributed by atoms with Crippen molar-refractivity contribution in [3.05, 3.63) is 47.8 Å². The first-order valence-electron chi connectivity index (χ1n) is 5.19. The zero-order valence-corrected chi connectivity index (χ0v) is 9.23. The van der Waals surface area contributed by atoms with Gasteiger partial charge in [-0.25, -0.2) is 0 Å². The number of aromatic nitrogens is 2. The summed E-state index contributed by atoms with van der Waals surface area (Å²) in [6, 6.07) is 10.1. The van der Waals surface area contributed by atoms with E-state index < -0.39 is 0 Å². The van der Waals surface area contributed by atoms with Crippen LogP contribution in [0.3, 0.4) is 0 Å². The predicted molar refractivity (Wildman–Crippen MR) is 63.1 cm³/mol. The number of nitrogens with zero attached hydrogens (tertiary/aromatic N) is 1. The van der Waals surface area contributed by atoms with Gasteiger partial charge in [0.15, 0.2) is 0 Å². The van der Waals surface area contributed by atoms with Crippen LogP contribution in [0.2, 0.25) is 0 Å². The summed E-state index contributed by atoms with van der Waals surface area (Å²) in [5.74, 6) is 0. The topological polar surface area (TPSA) is 49.9 Å². The molecule has 0 amide bonds. The average molecular weight is 217 g/mol. The molecule has 2 N–H and O–H groups in total. The number of aromatic amines is 1. The van der Waals surface area contributed by atoms with Crippen molar-refractivity contribution in [2.24, 2.45) is 0 Å². The molecule has 4 heteroatoms. The number of nitrogens with one attached hydrogen (secondary N) is 2. The molecule has 2 rings (SSSR count). The highest BCUT2D eigenvalue weighted by molar-refractivity contribution is 5.50. The highest BCUT2D eigenvalue weighted by Gasteiger charge is 2.01. The van der Waals surface area contributed by atoms with E-state index in [1.165, 1.54) is 0 Å². The van der Waals surface area contributed by atoms with Gasteiger partial charge >= 0.3 is 0 Å². The van der Waals surface area contributed by atoms with Crippen LogP contribution in [0.25, 0.3) is 0 Å². The van der Waals surface area contributed by atoms with Crippen molar-refractivity contribution in [2.75, 3.05) is 12.4 Å². The van der Waals surface area contributed by atoms with E-state index in [1.54, 1.807) is 13.3 Å². The van der Waals surface area contributed by atoms with Gasteiger partial charge in [-0.2, -0.15) is 5.10 Å². The van der Waals surface area contributed by atoms with Crippen LogP contribution in [-0.4, -0.2) is 17.3 Å². The van der Waals surface area contributed by atoms with E-state index in [9.17, 15) is 0 Å². The number of hydrogen-bond donors (Lipinski definition) is 2. The molecule has 1 heterocycles. The van der Waals surface area contributed by atoms with Crippen LogP contribution in [0.1, 0.15) is 11.3 Å². The second-order valence-electron chi connectivity index (χ2n) is 3.53. The number of benzene rings is 1. The highest BCUT2D eigenvalue weighted by atomic mass is 16.5. The second kappa shape index (κ2) is 5.32. The third-order valence-electron chi connectivity index (χ3n) is 2.34. The van der Waals surface area contributed by atoms with E-state index in [0.29, 0.717) is 6.61 Å². The number of rotatable bonds is 5. The van der Waals surface area contributed by atoms with E-state index in [0.717, 1.165) is 23.5 Å². The minimum atomic E-state index is 0.617. The molecule has 0 spiro atoms. The van der Waals surface area contributed by atoms with Gasteiger partial charge in [-0.15, -0.1) is 0 Å². The van der Waals surface area contributed by atoms with E-state index in [1.807, 2.05) is 24.3 Å². The van der Waals surface area contributed by atoms with Crippen molar-refractivity contribution in [2.45, 2.75) is 13.2 Å². The fourth-order valence-electron chi connectivity index (χ4n) is 1.55. The Morgan fingerprint density at radius 1 is 1.31 bits per heavy atom. The van der Waals surface area contributed by atoms with Gasteiger partial charge < -0.3 is 10.1 Å². The van der Waals surface area contributed by atoms with Crippen LogP contribution in [0, 0.1) is 0 Å². The normalized spacial score (nSPS) is 10.3. The van der Waals surface area contributed by atoms with Crippen molar-refractivity contribution >= 4 is 5.69 Å². The number of anilines is 1. The molecule has 0 aliphatic rings. The summed E-state index contributed by atoms with van der Waals surface area (Å²) in [5, 5.41) is 10.2. The van der Waals surface area contributed by atoms with E-state index in [2.05, 4.69) is 21.6 Å². The van der Waals surface area contributed by atoms with Gasteiger partial charge in [0.25, 0.3) is 0 Å². The molecule has 0 unspecified atom stereocenters. The standard InChI is InChI=1S/C12H15N3O/c1-16-9-10-4-2-3-5-12(10)13-8-11-6-7-14-15-11/h2-7,13H,8-9H2,1H3,(H,14,15). The largest absolute Gasteiger partial charge is 0.380 e. The summed E-state index contributed by atoms with van der Waals surface area (Å²) < 4.78 is 5.15. The lowest BCUT2D eigenvalue weighted by Gasteiger charge is -2.10. The summed E-state index contributed by atoms with van der Waals surface area (Å²) in [6.45, 7) is 1.35. The second-order valence-corrected chi connectivity index (χ2v) is 3.53. The van der Waals surface area contributed by atoms with Crippen molar-refractivity contribution in [1.29, 1.82) is 0 Å². The maximum absolute atomic E-state index is 5.15. The fraction of sp³-hybridized carbons (Fsp3) is 0.250. The Bertz CT molecular complexity index is 426. The Morgan fingerprint density at radius 2 is 2.19 bits per heavy atom. The smallest absolute Gasteiger partial charge is 0.0733 e. The molecular weight excluding hydrogens is 202 g/mol. The Morgan fingerprint density at radius 3 is 2.94 bits per heavy atom. The molecular formula is C12H15N3O. The maximum Gasteiger partial charge on any atom is 0.0733 e. The van der Waals surface area contributed by atoms with E-state index in [-0.39, 0.29) is 0 Å². The van der Waals surface area contributed by atoms with Crippen LogP contribution in [0.4, 0.5) is 5.69 Å². The molecule has 0 saturated heterocycles. The van der Waals surface area contributed by atoms with Gasteiger partial charge in [-0.1, -0.05) is 18.2 Å². The third-order valence-corrected chi connectivity index (χ3v) is 2.34. The zero-order valence-electron chi connectivity index (χ0n) is 9.23. The Kier molecular flexibility index (Phi) is 3.56. The molecule has 1 aromatic heterocycles. The van der Waals surface area contributed by atoms with Gasteiger partial charge in [-0.05, 0) is 12.1 Å². The number of methoxy groups -OCH3 is 1. The van der Waals surface area contributed by atoms with Crippen molar-refractivity contribution < 1.29 is 4.74 Å². The first kappa shape index (κ1) is 10.7. The Balaban J connectivity index is 2.03. The number of para-hydroxylation sites is 1. The van der Waals surface area contributed by atoms with Gasteiger partial charge in [0.1, 0.15) is 0 Å². The molecule has 0 radical (unpaired) electrons. The van der Waals surface area contributed by atoms with E-state index >= 15 is 0 Å². The molecule has 4 nitrogen and oxygen atoms in total. The lowest BCUT2D eigenvalue weighted by molar-refractivity contribution is 0.185. The van der Waals surface area contributed by atoms with Crippen LogP contribution < -0.4 is 5.32 Å². The van der Waals surface area contributed by atoms with Crippen molar-refractivity contribution in [1.82, 2.24) is 10.2 Å². The van der Waals surface area contributed by atoms with Crippen molar-refractivity contribution in [3.8, 4) is 0 Å². The molecule has 0 bridgehead atoms. The number of ether oxygens (including phenoxy) is 1. The van der Waals surface area contributed by atoms with Gasteiger partial charge in [0, 0.05) is 24.6 Å². The fourth-order valence-corrected chi connectivity index (χ4v) is 1.55. The molecule has 0 atom stereocenters. The zero-order chi connectivity index (χ0) is 11.2. The molecule has 0 fully saturated rings. The van der Waals surface area contributed by atoms with Gasteiger partial charge in [0.2, 0.25) is 0 Å². The summed E-state index contributed by atoms with van der Waals surface area (Å²) >= 11 is 0. The summed E-state index contributed by atoms with van der Waals surface area (Å²) in [4.78, 5) is 0. The van der Waals surface area contributed by atoms with Gasteiger partial charge in [0.05, 0.1) is 18.8 Å². The first-order valence-corrected chi connectivity index (χ1v) is 5.19. The average Bonchev–Trinajstić information content (AvgIpc) is 2.81. The predicted octanol–water partition coefficient (Wildman–Crippen LogP) is 2.17. The lowest BCUT2D eigenvalue weighted by Crippen LogP contribution is -2.03. The summed E-state index contributed by atoms with van der Waals surface area (Å²) in [6.07, 6.45) is 1.75. The first-order chi connectivity index (χ1) is 7.90. The van der Waals surface area contributed by atoms with Crippen molar-refractivity contribution in [3.63, 3.8) is 0 Å². The molecule has 1 aromatic carbocycles. The molecule has 16 heavy (non-hydrogen) atoms. The third kappa shape index (κ3) is 2.61. The lowest BCUT2D eigenvalue weighted by atomic mass is 10.2. The van der Waals surface area contributed by atoms with Crippen LogP contribution in [0.5, 0.6) is 0 Å². The number of hydrogen-bond acceptors (Lipinski definition) is 3. The molecule has 84 valence electrons. The van der Waals surface area contributed by atoms with Crippen LogP contribution in [-0.2, 0) is 17.9 Å². The quantitative estimate of drug-likeness (QED) is 0.807. The molecule has 0 saturated carbocycles. The molecule has 0 aliphatic heterocycles. The Hall–Kier alpha value is -1.81. The minimum absolute atomic E-state index is 0.617. The highest BCUT2D eigenvalue weighted by Crippen LogP contribution is 2.16. The summed E-state index contributed by atoms with van der Waals surface area (Å²) in [5.41, 5.74) is 3.32. The molecule has 2 aromatic rings. The van der Waals surface area contributed by atoms with E-state index in [4.69, 9.17) is 4.74 Å². The SMILES string of the molecule is COCc1ccccc1NCc1ccn[nH]1. The number of H-pyrrole nitrogens is 1.